The molecule has 0 saturated heterocycles. The van der Waals surface area contributed by atoms with Crippen molar-refractivity contribution in [2.75, 3.05) is 13.6 Å². The van der Waals surface area contributed by atoms with Crippen LogP contribution in [0.5, 0.6) is 5.75 Å². The number of hydrogen-bond acceptors (Lipinski definition) is 4. The van der Waals surface area contributed by atoms with Gasteiger partial charge in [-0.3, -0.25) is 4.79 Å². The van der Waals surface area contributed by atoms with Gasteiger partial charge in [-0.05, 0) is 54.7 Å². The molecule has 0 heterocycles. The highest BCUT2D eigenvalue weighted by molar-refractivity contribution is 7.89. The third-order valence-electron chi connectivity index (χ3n) is 4.57. The molecule has 9 heteroatoms. The number of sulfonamides is 1. The summed E-state index contributed by atoms with van der Waals surface area (Å²) in [6.45, 7) is -2.26. The number of carbonyl (C=O) groups is 1. The first-order chi connectivity index (χ1) is 13.7. The summed E-state index contributed by atoms with van der Waals surface area (Å²) < 4.78 is 56.1. The van der Waals surface area contributed by atoms with Gasteiger partial charge in [0.1, 0.15) is 5.75 Å². The Labute approximate surface area is 168 Å². The summed E-state index contributed by atoms with van der Waals surface area (Å²) in [5.41, 5.74) is 0.969. The van der Waals surface area contributed by atoms with Crippen LogP contribution >= 0.6 is 0 Å². The van der Waals surface area contributed by atoms with Crippen molar-refractivity contribution in [1.82, 2.24) is 9.62 Å². The molecular formula is C20H22F2N2O4S. The van der Waals surface area contributed by atoms with E-state index in [9.17, 15) is 22.0 Å². The fourth-order valence-corrected chi connectivity index (χ4v) is 3.93. The average molecular weight is 424 g/mol. The number of rotatable bonds is 9. The molecule has 0 bridgehead atoms. The zero-order valence-electron chi connectivity index (χ0n) is 15.8. The van der Waals surface area contributed by atoms with Crippen molar-refractivity contribution in [2.24, 2.45) is 5.92 Å². The van der Waals surface area contributed by atoms with E-state index in [-0.39, 0.29) is 28.7 Å². The van der Waals surface area contributed by atoms with Crippen molar-refractivity contribution in [3.05, 3.63) is 59.7 Å². The zero-order valence-corrected chi connectivity index (χ0v) is 16.7. The Bertz CT molecular complexity index is 961. The molecule has 156 valence electrons. The van der Waals surface area contributed by atoms with E-state index < -0.39 is 16.6 Å². The molecule has 1 N–H and O–H groups in total. The van der Waals surface area contributed by atoms with E-state index >= 15 is 0 Å². The number of hydrogen-bond donors (Lipinski definition) is 1. The fraction of sp³-hybridized carbons (Fsp3) is 0.350. The minimum atomic E-state index is -3.67. The lowest BCUT2D eigenvalue weighted by Crippen LogP contribution is -2.28. The third kappa shape index (κ3) is 5.98. The van der Waals surface area contributed by atoms with Gasteiger partial charge in [0, 0.05) is 25.7 Å². The van der Waals surface area contributed by atoms with E-state index in [1.807, 2.05) is 0 Å². The van der Waals surface area contributed by atoms with Gasteiger partial charge in [0.15, 0.2) is 0 Å². The van der Waals surface area contributed by atoms with Gasteiger partial charge < -0.3 is 9.64 Å². The highest BCUT2D eigenvalue weighted by Crippen LogP contribution is 2.28. The summed E-state index contributed by atoms with van der Waals surface area (Å²) in [7, 11) is -2.08. The van der Waals surface area contributed by atoms with Gasteiger partial charge in [-0.1, -0.05) is 18.2 Å². The summed E-state index contributed by atoms with van der Waals surface area (Å²) in [5, 5.41) is 0. The zero-order chi connectivity index (χ0) is 21.0. The van der Waals surface area contributed by atoms with E-state index in [1.54, 1.807) is 25.2 Å². The maximum absolute atomic E-state index is 12.7. The second kappa shape index (κ2) is 8.87. The molecule has 1 aliphatic carbocycles. The predicted octanol–water partition coefficient (Wildman–Crippen LogP) is 3.25. The van der Waals surface area contributed by atoms with Crippen LogP contribution < -0.4 is 9.46 Å². The van der Waals surface area contributed by atoms with Crippen LogP contribution in [-0.4, -0.2) is 39.4 Å². The van der Waals surface area contributed by atoms with Crippen LogP contribution in [0.2, 0.25) is 0 Å². The first kappa shape index (κ1) is 21.2. The Kier molecular flexibility index (Phi) is 6.49. The van der Waals surface area contributed by atoms with Crippen LogP contribution in [0.25, 0.3) is 0 Å². The number of benzene rings is 2. The molecule has 1 aliphatic rings. The van der Waals surface area contributed by atoms with Gasteiger partial charge in [0.25, 0.3) is 5.91 Å². The summed E-state index contributed by atoms with van der Waals surface area (Å²) in [4.78, 5) is 14.2. The van der Waals surface area contributed by atoms with E-state index in [4.69, 9.17) is 0 Å². The Morgan fingerprint density at radius 1 is 1.21 bits per heavy atom. The lowest BCUT2D eigenvalue weighted by atomic mass is 10.1. The van der Waals surface area contributed by atoms with Gasteiger partial charge >= 0.3 is 6.61 Å². The van der Waals surface area contributed by atoms with Gasteiger partial charge in [-0.25, -0.2) is 13.1 Å². The lowest BCUT2D eigenvalue weighted by molar-refractivity contribution is -0.0498. The maximum Gasteiger partial charge on any atom is 0.387 e. The first-order valence-corrected chi connectivity index (χ1v) is 10.6. The largest absolute Gasteiger partial charge is 0.435 e. The Morgan fingerprint density at radius 2 is 1.90 bits per heavy atom. The SMILES string of the molecule is CN(Cc1ccc(OC(F)F)cc1)C(=O)c1cccc(S(=O)(=O)NCC2CC2)c1. The molecule has 1 saturated carbocycles. The monoisotopic (exact) mass is 424 g/mol. The van der Waals surface area contributed by atoms with E-state index in [0.717, 1.165) is 18.4 Å². The van der Waals surface area contributed by atoms with E-state index in [0.29, 0.717) is 12.5 Å². The smallest absolute Gasteiger partial charge is 0.387 e. The quantitative estimate of drug-likeness (QED) is 0.671. The Balaban J connectivity index is 1.66. The molecule has 1 amide bonds. The number of carbonyl (C=O) groups excluding carboxylic acids is 1. The van der Waals surface area contributed by atoms with Gasteiger partial charge in [-0.2, -0.15) is 8.78 Å². The van der Waals surface area contributed by atoms with Crippen LogP contribution in [0.3, 0.4) is 0 Å². The standard InChI is InChI=1S/C20H22F2N2O4S/c1-24(13-15-7-9-17(10-8-15)28-20(21)22)19(25)16-3-2-4-18(11-16)29(26,27)23-12-14-5-6-14/h2-4,7-11,14,20,23H,5-6,12-13H2,1H3. The Morgan fingerprint density at radius 3 is 2.52 bits per heavy atom. The molecule has 2 aromatic rings. The van der Waals surface area contributed by atoms with E-state index in [2.05, 4.69) is 9.46 Å². The predicted molar refractivity (Wildman–Crippen MR) is 103 cm³/mol. The minimum absolute atomic E-state index is 0.0364. The first-order valence-electron chi connectivity index (χ1n) is 9.13. The molecule has 0 spiro atoms. The molecule has 0 aliphatic heterocycles. The van der Waals surface area contributed by atoms with Crippen molar-refractivity contribution < 1.29 is 26.7 Å². The fourth-order valence-electron chi connectivity index (χ4n) is 2.77. The van der Waals surface area contributed by atoms with Crippen molar-refractivity contribution in [3.63, 3.8) is 0 Å². The van der Waals surface area contributed by atoms with Crippen LogP contribution in [0.4, 0.5) is 8.78 Å². The molecule has 0 radical (unpaired) electrons. The summed E-state index contributed by atoms with van der Waals surface area (Å²) in [5.74, 6) is 0.0877. The molecule has 0 atom stereocenters. The average Bonchev–Trinajstić information content (AvgIpc) is 3.52. The second-order valence-electron chi connectivity index (χ2n) is 7.01. The maximum atomic E-state index is 12.7. The number of amides is 1. The number of alkyl halides is 2. The molecule has 0 unspecified atom stereocenters. The molecule has 6 nitrogen and oxygen atoms in total. The van der Waals surface area contributed by atoms with Gasteiger partial charge in [0.05, 0.1) is 4.90 Å². The number of halogens is 2. The molecule has 0 aromatic heterocycles. The molecule has 3 rings (SSSR count). The molecule has 2 aromatic carbocycles. The summed E-state index contributed by atoms with van der Waals surface area (Å²) in [6, 6.07) is 11.9. The lowest BCUT2D eigenvalue weighted by Gasteiger charge is -2.18. The topological polar surface area (TPSA) is 75.7 Å². The number of nitrogens with zero attached hydrogens (tertiary/aromatic N) is 1. The number of nitrogens with one attached hydrogen (secondary N) is 1. The van der Waals surface area contributed by atoms with Crippen LogP contribution in [0, 0.1) is 5.92 Å². The van der Waals surface area contributed by atoms with Crippen LogP contribution in [-0.2, 0) is 16.6 Å². The van der Waals surface area contributed by atoms with Crippen molar-refractivity contribution in [3.8, 4) is 5.75 Å². The molecular weight excluding hydrogens is 402 g/mol. The Hall–Kier alpha value is -2.52. The van der Waals surface area contributed by atoms with Crippen molar-refractivity contribution >= 4 is 15.9 Å². The van der Waals surface area contributed by atoms with Crippen LogP contribution in [0.15, 0.2) is 53.4 Å². The normalized spacial score (nSPS) is 14.1. The van der Waals surface area contributed by atoms with Crippen molar-refractivity contribution in [1.29, 1.82) is 0 Å². The van der Waals surface area contributed by atoms with Gasteiger partial charge in [-0.15, -0.1) is 0 Å². The summed E-state index contributed by atoms with van der Waals surface area (Å²) >= 11 is 0. The van der Waals surface area contributed by atoms with Gasteiger partial charge in [0.2, 0.25) is 10.0 Å². The van der Waals surface area contributed by atoms with Crippen molar-refractivity contribution in [2.45, 2.75) is 30.9 Å². The highest BCUT2D eigenvalue weighted by Gasteiger charge is 2.25. The minimum Gasteiger partial charge on any atom is -0.435 e. The van der Waals surface area contributed by atoms with E-state index in [1.165, 1.54) is 35.2 Å². The third-order valence-corrected chi connectivity index (χ3v) is 5.99. The second-order valence-corrected chi connectivity index (χ2v) is 8.77. The molecule has 29 heavy (non-hydrogen) atoms. The summed E-state index contributed by atoms with van der Waals surface area (Å²) in [6.07, 6.45) is 2.06. The highest BCUT2D eigenvalue weighted by atomic mass is 32.2. The molecule has 1 fully saturated rings. The van der Waals surface area contributed by atoms with Crippen LogP contribution in [0.1, 0.15) is 28.8 Å². The number of ether oxygens (including phenoxy) is 1.